The lowest BCUT2D eigenvalue weighted by atomic mass is 10.2. The second kappa shape index (κ2) is 3.69. The molecule has 0 aromatic carbocycles. The smallest absolute Gasteiger partial charge is 0.355 e. The molecular weight excluding hydrogens is 198 g/mol. The molecule has 4 heteroatoms. The molecule has 14 heavy (non-hydrogen) atoms. The number of H-pyrrole nitrogens is 1. The van der Waals surface area contributed by atoms with Crippen molar-refractivity contribution in [3.05, 3.63) is 17.0 Å². The highest BCUT2D eigenvalue weighted by atomic mass is 32.2. The Balaban J connectivity index is 2.32. The number of nitrogens with one attached hydrogen (secondary N) is 1. The van der Waals surface area contributed by atoms with E-state index in [2.05, 4.69) is 4.98 Å². The van der Waals surface area contributed by atoms with Crippen LogP contribution in [0.3, 0.4) is 0 Å². The number of ether oxygens (including phenoxy) is 1. The fourth-order valence-electron chi connectivity index (χ4n) is 1.68. The highest BCUT2D eigenvalue weighted by molar-refractivity contribution is 7.99. The summed E-state index contributed by atoms with van der Waals surface area (Å²) in [6, 6.07) is 0. The van der Waals surface area contributed by atoms with Gasteiger partial charge in [0.15, 0.2) is 0 Å². The minimum atomic E-state index is -0.236. The molecule has 1 aliphatic rings. The molecule has 2 rings (SSSR count). The first-order chi connectivity index (χ1) is 6.74. The summed E-state index contributed by atoms with van der Waals surface area (Å²) in [5.41, 5.74) is 2.86. The van der Waals surface area contributed by atoms with E-state index in [4.69, 9.17) is 4.74 Å². The lowest BCUT2D eigenvalue weighted by Gasteiger charge is -2.01. The van der Waals surface area contributed by atoms with E-state index in [0.717, 1.165) is 17.7 Å². The Kier molecular flexibility index (Phi) is 2.54. The maximum absolute atomic E-state index is 11.5. The number of aryl methyl sites for hydroxylation is 1. The molecule has 1 aromatic heterocycles. The van der Waals surface area contributed by atoms with Crippen molar-refractivity contribution in [3.8, 4) is 0 Å². The third kappa shape index (κ3) is 1.43. The summed E-state index contributed by atoms with van der Waals surface area (Å²) in [6.07, 6.45) is 1.03. The van der Waals surface area contributed by atoms with Crippen molar-refractivity contribution < 1.29 is 9.53 Å². The van der Waals surface area contributed by atoms with Gasteiger partial charge in [0.1, 0.15) is 5.69 Å². The zero-order chi connectivity index (χ0) is 10.1. The second-order valence-electron chi connectivity index (χ2n) is 3.25. The van der Waals surface area contributed by atoms with Crippen LogP contribution < -0.4 is 0 Å². The van der Waals surface area contributed by atoms with Gasteiger partial charge in [0, 0.05) is 16.3 Å². The van der Waals surface area contributed by atoms with Crippen molar-refractivity contribution in [2.45, 2.75) is 25.2 Å². The van der Waals surface area contributed by atoms with Gasteiger partial charge in [0.25, 0.3) is 0 Å². The number of thioether (sulfide) groups is 1. The minimum Gasteiger partial charge on any atom is -0.461 e. The molecule has 0 saturated carbocycles. The summed E-state index contributed by atoms with van der Waals surface area (Å²) in [6.45, 7) is 4.22. The molecule has 3 nitrogen and oxygen atoms in total. The average Bonchev–Trinajstić information content (AvgIpc) is 2.69. The van der Waals surface area contributed by atoms with Crippen molar-refractivity contribution in [2.24, 2.45) is 0 Å². The van der Waals surface area contributed by atoms with E-state index < -0.39 is 0 Å². The van der Waals surface area contributed by atoms with Crippen molar-refractivity contribution in [1.29, 1.82) is 0 Å². The van der Waals surface area contributed by atoms with Crippen LogP contribution in [0.1, 0.15) is 28.7 Å². The van der Waals surface area contributed by atoms with Crippen LogP contribution in [0.25, 0.3) is 0 Å². The number of esters is 1. The number of aromatic nitrogens is 1. The van der Waals surface area contributed by atoms with Crippen LogP contribution in [0, 0.1) is 6.92 Å². The van der Waals surface area contributed by atoms with Crippen LogP contribution in [0.5, 0.6) is 0 Å². The summed E-state index contributed by atoms with van der Waals surface area (Å²) in [4.78, 5) is 15.9. The van der Waals surface area contributed by atoms with Gasteiger partial charge >= 0.3 is 5.97 Å². The topological polar surface area (TPSA) is 42.1 Å². The van der Waals surface area contributed by atoms with Crippen LogP contribution >= 0.6 is 11.8 Å². The van der Waals surface area contributed by atoms with Gasteiger partial charge < -0.3 is 9.72 Å². The third-order valence-corrected chi connectivity index (χ3v) is 3.59. The normalized spacial score (nSPS) is 14.1. The fourth-order valence-corrected chi connectivity index (χ4v) is 2.83. The summed E-state index contributed by atoms with van der Waals surface area (Å²) < 4.78 is 4.97. The maximum atomic E-state index is 11.5. The molecule has 0 radical (unpaired) electrons. The van der Waals surface area contributed by atoms with E-state index in [-0.39, 0.29) is 5.97 Å². The monoisotopic (exact) mass is 211 g/mol. The molecule has 0 atom stereocenters. The first kappa shape index (κ1) is 9.65. The van der Waals surface area contributed by atoms with Crippen molar-refractivity contribution >= 4 is 17.7 Å². The predicted molar refractivity (Wildman–Crippen MR) is 55.9 cm³/mol. The molecular formula is C10H13NO2S. The molecule has 0 fully saturated rings. The first-order valence-electron chi connectivity index (χ1n) is 4.75. The molecule has 1 aromatic rings. The molecule has 0 spiro atoms. The van der Waals surface area contributed by atoms with E-state index in [1.165, 1.54) is 10.6 Å². The SMILES string of the molecule is CCOC(=O)c1[nH]c2c(c1C)SCC2. The number of rotatable bonds is 2. The van der Waals surface area contributed by atoms with Crippen LogP contribution in [0.4, 0.5) is 0 Å². The zero-order valence-corrected chi connectivity index (χ0v) is 9.16. The van der Waals surface area contributed by atoms with Crippen LogP contribution in [0.2, 0.25) is 0 Å². The van der Waals surface area contributed by atoms with Crippen LogP contribution in [0.15, 0.2) is 4.90 Å². The standard InChI is InChI=1S/C10H13NO2S/c1-3-13-10(12)8-6(2)9-7(11-8)4-5-14-9/h11H,3-5H2,1-2H3. The Hall–Kier alpha value is -0.900. The largest absolute Gasteiger partial charge is 0.461 e. The summed E-state index contributed by atoms with van der Waals surface area (Å²) >= 11 is 1.81. The number of fused-ring (bicyclic) bond motifs is 1. The van der Waals surface area contributed by atoms with Gasteiger partial charge in [-0.05, 0) is 25.8 Å². The average molecular weight is 211 g/mol. The van der Waals surface area contributed by atoms with Crippen molar-refractivity contribution in [2.75, 3.05) is 12.4 Å². The lowest BCUT2D eigenvalue weighted by Crippen LogP contribution is -2.07. The molecule has 0 amide bonds. The minimum absolute atomic E-state index is 0.236. The van der Waals surface area contributed by atoms with Crippen LogP contribution in [-0.4, -0.2) is 23.3 Å². The highest BCUT2D eigenvalue weighted by Crippen LogP contribution is 2.35. The van der Waals surface area contributed by atoms with Gasteiger partial charge in [-0.1, -0.05) is 0 Å². The summed E-state index contributed by atoms with van der Waals surface area (Å²) in [7, 11) is 0. The summed E-state index contributed by atoms with van der Waals surface area (Å²) in [5.74, 6) is 0.880. The van der Waals surface area contributed by atoms with Gasteiger partial charge in [-0.3, -0.25) is 0 Å². The molecule has 1 aliphatic heterocycles. The van der Waals surface area contributed by atoms with E-state index in [9.17, 15) is 4.79 Å². The Bertz CT molecular complexity index is 370. The molecule has 0 unspecified atom stereocenters. The molecule has 0 bridgehead atoms. The zero-order valence-electron chi connectivity index (χ0n) is 8.35. The van der Waals surface area contributed by atoms with Gasteiger partial charge in [-0.25, -0.2) is 4.79 Å². The van der Waals surface area contributed by atoms with Gasteiger partial charge in [-0.15, -0.1) is 11.8 Å². The number of hydrogen-bond acceptors (Lipinski definition) is 3. The second-order valence-corrected chi connectivity index (χ2v) is 4.36. The van der Waals surface area contributed by atoms with E-state index >= 15 is 0 Å². The number of hydrogen-bond donors (Lipinski definition) is 1. The highest BCUT2D eigenvalue weighted by Gasteiger charge is 2.23. The molecule has 0 saturated heterocycles. The third-order valence-electron chi connectivity index (χ3n) is 2.34. The maximum Gasteiger partial charge on any atom is 0.355 e. The summed E-state index contributed by atoms with van der Waals surface area (Å²) in [5, 5.41) is 0. The Labute approximate surface area is 87.2 Å². The van der Waals surface area contributed by atoms with Gasteiger partial charge in [-0.2, -0.15) is 0 Å². The van der Waals surface area contributed by atoms with Crippen molar-refractivity contribution in [1.82, 2.24) is 4.98 Å². The molecule has 76 valence electrons. The van der Waals surface area contributed by atoms with Gasteiger partial charge in [0.2, 0.25) is 0 Å². The van der Waals surface area contributed by atoms with Crippen molar-refractivity contribution in [3.63, 3.8) is 0 Å². The fraction of sp³-hybridized carbons (Fsp3) is 0.500. The molecule has 0 aliphatic carbocycles. The predicted octanol–water partition coefficient (Wildman–Crippen LogP) is 2.15. The molecule has 1 N–H and O–H groups in total. The number of carbonyl (C=O) groups excluding carboxylic acids is 1. The number of aromatic amines is 1. The molecule has 2 heterocycles. The number of carbonyl (C=O) groups is 1. The Morgan fingerprint density at radius 3 is 3.07 bits per heavy atom. The Morgan fingerprint density at radius 2 is 2.43 bits per heavy atom. The van der Waals surface area contributed by atoms with E-state index in [0.29, 0.717) is 12.3 Å². The van der Waals surface area contributed by atoms with Crippen LogP contribution in [-0.2, 0) is 11.2 Å². The quantitative estimate of drug-likeness (QED) is 0.762. The van der Waals surface area contributed by atoms with Gasteiger partial charge in [0.05, 0.1) is 6.61 Å². The Morgan fingerprint density at radius 1 is 1.64 bits per heavy atom. The van der Waals surface area contributed by atoms with E-state index in [1.807, 2.05) is 25.6 Å². The van der Waals surface area contributed by atoms with E-state index in [1.54, 1.807) is 0 Å². The lowest BCUT2D eigenvalue weighted by molar-refractivity contribution is 0.0519. The first-order valence-corrected chi connectivity index (χ1v) is 5.74.